The molecule has 0 amide bonds. The topological polar surface area (TPSA) is 12.5 Å². The maximum atomic E-state index is 5.31. The second-order valence-corrected chi connectivity index (χ2v) is 4.70. The number of benzene rings is 1. The second-order valence-electron chi connectivity index (χ2n) is 3.72. The highest BCUT2D eigenvalue weighted by atomic mass is 32.2. The van der Waals surface area contributed by atoms with Crippen LogP contribution in [0.4, 0.5) is 0 Å². The molecule has 0 radical (unpaired) electrons. The maximum Gasteiger partial charge on any atom is 0.0978 e. The third-order valence-corrected chi connectivity index (χ3v) is 3.51. The van der Waals surface area contributed by atoms with E-state index in [4.69, 9.17) is 4.74 Å². The van der Waals surface area contributed by atoms with Gasteiger partial charge in [-0.15, -0.1) is 0 Å². The van der Waals surface area contributed by atoms with Gasteiger partial charge in [0.15, 0.2) is 0 Å². The van der Waals surface area contributed by atoms with Gasteiger partial charge in [-0.2, -0.15) is 11.8 Å². The lowest BCUT2D eigenvalue weighted by Crippen LogP contribution is -2.07. The van der Waals surface area contributed by atoms with Crippen molar-refractivity contribution < 1.29 is 4.74 Å². The lowest BCUT2D eigenvalue weighted by atomic mass is 10.2. The minimum Gasteiger partial charge on any atom is -0.369 e. The molecule has 2 rings (SSSR count). The van der Waals surface area contributed by atoms with Crippen LogP contribution in [0.5, 0.6) is 0 Å². The minimum atomic E-state index is 0.194. The van der Waals surface area contributed by atoms with E-state index < -0.39 is 0 Å². The Morgan fingerprint density at radius 1 is 1.38 bits per heavy atom. The van der Waals surface area contributed by atoms with Crippen molar-refractivity contribution >= 4 is 11.8 Å². The van der Waals surface area contributed by atoms with Gasteiger partial charge in [-0.1, -0.05) is 30.3 Å². The number of rotatable bonds is 4. The summed E-state index contributed by atoms with van der Waals surface area (Å²) >= 11 is 1.95. The lowest BCUT2D eigenvalue weighted by Gasteiger charge is -2.04. The van der Waals surface area contributed by atoms with Gasteiger partial charge in [0.1, 0.15) is 0 Å². The molecule has 2 heteroatoms. The predicted octanol–water partition coefficient (Wildman–Crippen LogP) is 2.71. The van der Waals surface area contributed by atoms with Gasteiger partial charge in [-0.05, 0) is 12.5 Å². The fourth-order valence-electron chi connectivity index (χ4n) is 1.17. The van der Waals surface area contributed by atoms with E-state index in [1.165, 1.54) is 5.56 Å². The smallest absolute Gasteiger partial charge is 0.0978 e. The van der Waals surface area contributed by atoms with Gasteiger partial charge < -0.3 is 4.74 Å². The van der Waals surface area contributed by atoms with Crippen LogP contribution in [0.15, 0.2) is 30.3 Å². The molecule has 0 aromatic heterocycles. The van der Waals surface area contributed by atoms with Gasteiger partial charge >= 0.3 is 0 Å². The van der Waals surface area contributed by atoms with Crippen molar-refractivity contribution in [1.82, 2.24) is 0 Å². The maximum absolute atomic E-state index is 5.31. The van der Waals surface area contributed by atoms with Gasteiger partial charge in [0, 0.05) is 11.5 Å². The Hall–Kier alpha value is -0.470. The van der Waals surface area contributed by atoms with Gasteiger partial charge in [0.2, 0.25) is 0 Å². The number of ether oxygens (including phenoxy) is 1. The summed E-state index contributed by atoms with van der Waals surface area (Å²) in [7, 11) is 0. The number of thioether (sulfide) groups is 1. The van der Waals surface area contributed by atoms with E-state index in [0.717, 1.165) is 18.1 Å². The van der Waals surface area contributed by atoms with Crippen LogP contribution in [0.1, 0.15) is 12.5 Å². The van der Waals surface area contributed by atoms with Crippen molar-refractivity contribution in [3.63, 3.8) is 0 Å². The van der Waals surface area contributed by atoms with E-state index in [0.29, 0.717) is 0 Å². The summed E-state index contributed by atoms with van der Waals surface area (Å²) < 4.78 is 5.31. The molecule has 1 heterocycles. The van der Waals surface area contributed by atoms with Crippen molar-refractivity contribution in [2.45, 2.75) is 18.3 Å². The second kappa shape index (κ2) is 3.72. The van der Waals surface area contributed by atoms with Crippen LogP contribution < -0.4 is 0 Å². The molecule has 1 aromatic rings. The van der Waals surface area contributed by atoms with E-state index in [-0.39, 0.29) is 5.60 Å². The zero-order valence-corrected chi connectivity index (χ0v) is 8.64. The molecule has 0 spiro atoms. The Bertz CT molecular complexity index is 267. The van der Waals surface area contributed by atoms with Gasteiger partial charge in [-0.3, -0.25) is 0 Å². The normalized spacial score (nSPS) is 25.9. The Balaban J connectivity index is 1.74. The fraction of sp³-hybridized carbons (Fsp3) is 0.455. The first kappa shape index (κ1) is 9.10. The van der Waals surface area contributed by atoms with Crippen molar-refractivity contribution in [2.75, 3.05) is 12.4 Å². The van der Waals surface area contributed by atoms with Crippen molar-refractivity contribution in [2.24, 2.45) is 0 Å². The molecule has 0 bridgehead atoms. The van der Waals surface area contributed by atoms with Crippen LogP contribution in [0.25, 0.3) is 0 Å². The molecular formula is C11H14OS. The molecule has 70 valence electrons. The van der Waals surface area contributed by atoms with Crippen LogP contribution in [0.3, 0.4) is 0 Å². The first-order valence-corrected chi connectivity index (χ1v) is 5.70. The Kier molecular flexibility index (Phi) is 2.61. The van der Waals surface area contributed by atoms with Gasteiger partial charge in [-0.25, -0.2) is 0 Å². The number of hydrogen-bond donors (Lipinski definition) is 0. The summed E-state index contributed by atoms with van der Waals surface area (Å²) in [6.07, 6.45) is 0. The average Bonchev–Trinajstić information content (AvgIpc) is 2.86. The van der Waals surface area contributed by atoms with E-state index in [9.17, 15) is 0 Å². The van der Waals surface area contributed by atoms with Crippen LogP contribution in [0.2, 0.25) is 0 Å². The van der Waals surface area contributed by atoms with Gasteiger partial charge in [0.25, 0.3) is 0 Å². The summed E-state index contributed by atoms with van der Waals surface area (Å²) in [6, 6.07) is 10.6. The molecular weight excluding hydrogens is 180 g/mol. The van der Waals surface area contributed by atoms with E-state index >= 15 is 0 Å². The summed E-state index contributed by atoms with van der Waals surface area (Å²) in [6.45, 7) is 3.11. The van der Waals surface area contributed by atoms with Crippen LogP contribution in [-0.4, -0.2) is 18.0 Å². The molecule has 13 heavy (non-hydrogen) atoms. The zero-order valence-electron chi connectivity index (χ0n) is 7.82. The van der Waals surface area contributed by atoms with Gasteiger partial charge in [0.05, 0.1) is 12.2 Å². The molecule has 1 saturated heterocycles. The van der Waals surface area contributed by atoms with Crippen molar-refractivity contribution in [3.05, 3.63) is 35.9 Å². The highest BCUT2D eigenvalue weighted by molar-refractivity contribution is 7.98. The Morgan fingerprint density at radius 3 is 2.69 bits per heavy atom. The van der Waals surface area contributed by atoms with E-state index in [2.05, 4.69) is 37.3 Å². The number of epoxide rings is 1. The van der Waals surface area contributed by atoms with Crippen molar-refractivity contribution in [3.8, 4) is 0 Å². The average molecular weight is 194 g/mol. The standard InChI is InChI=1S/C11H14OS/c1-11(8-12-11)9-13-7-10-5-3-2-4-6-10/h2-6H,7-9H2,1H3. The molecule has 1 aliphatic rings. The SMILES string of the molecule is CC1(CSCc2ccccc2)CO1. The molecule has 1 fully saturated rings. The first-order valence-electron chi connectivity index (χ1n) is 4.54. The summed E-state index contributed by atoms with van der Waals surface area (Å²) in [5.74, 6) is 2.21. The molecule has 1 atom stereocenters. The summed E-state index contributed by atoms with van der Waals surface area (Å²) in [5, 5.41) is 0. The molecule has 0 N–H and O–H groups in total. The molecule has 1 aliphatic heterocycles. The third-order valence-electron chi connectivity index (χ3n) is 2.16. The number of hydrogen-bond acceptors (Lipinski definition) is 2. The third kappa shape index (κ3) is 2.75. The highest BCUT2D eigenvalue weighted by Crippen LogP contribution is 2.31. The Morgan fingerprint density at radius 2 is 2.08 bits per heavy atom. The van der Waals surface area contributed by atoms with Crippen molar-refractivity contribution in [1.29, 1.82) is 0 Å². The summed E-state index contributed by atoms with van der Waals surface area (Å²) in [5.41, 5.74) is 1.59. The van der Waals surface area contributed by atoms with E-state index in [1.807, 2.05) is 11.8 Å². The zero-order chi connectivity index (χ0) is 9.15. The van der Waals surface area contributed by atoms with Crippen LogP contribution >= 0.6 is 11.8 Å². The molecule has 1 unspecified atom stereocenters. The minimum absolute atomic E-state index is 0.194. The predicted molar refractivity (Wildman–Crippen MR) is 57.0 cm³/mol. The largest absolute Gasteiger partial charge is 0.369 e. The summed E-state index contributed by atoms with van der Waals surface area (Å²) in [4.78, 5) is 0. The highest BCUT2D eigenvalue weighted by Gasteiger charge is 2.38. The molecule has 0 aliphatic carbocycles. The Labute approximate surface area is 83.5 Å². The van der Waals surface area contributed by atoms with Crippen LogP contribution in [0, 0.1) is 0 Å². The quantitative estimate of drug-likeness (QED) is 0.683. The molecule has 0 saturated carbocycles. The molecule has 1 aromatic carbocycles. The lowest BCUT2D eigenvalue weighted by molar-refractivity contribution is 0.348. The fourth-order valence-corrected chi connectivity index (χ4v) is 2.29. The van der Waals surface area contributed by atoms with E-state index in [1.54, 1.807) is 0 Å². The van der Waals surface area contributed by atoms with Crippen LogP contribution in [-0.2, 0) is 10.5 Å². The first-order chi connectivity index (χ1) is 6.29. The monoisotopic (exact) mass is 194 g/mol. The molecule has 1 nitrogen and oxygen atoms in total.